The summed E-state index contributed by atoms with van der Waals surface area (Å²) in [5.74, 6) is 1.19. The van der Waals surface area contributed by atoms with Crippen LogP contribution in [-0.4, -0.2) is 42.1 Å². The largest absolute Gasteiger partial charge is 0.329 e. The lowest BCUT2D eigenvalue weighted by atomic mass is 9.95. The molecule has 11 heavy (non-hydrogen) atoms. The van der Waals surface area contributed by atoms with E-state index in [2.05, 4.69) is 25.9 Å². The lowest BCUT2D eigenvalue weighted by Crippen LogP contribution is -2.50. The van der Waals surface area contributed by atoms with Gasteiger partial charge in [-0.1, -0.05) is 6.92 Å². The summed E-state index contributed by atoms with van der Waals surface area (Å²) in [5.41, 5.74) is 6.06. The molecule has 66 valence electrons. The SMILES string of the molecule is CC1CC(CN)(N(C)C)CS1. The van der Waals surface area contributed by atoms with E-state index in [-0.39, 0.29) is 5.54 Å². The normalized spacial score (nSPS) is 38.5. The number of nitrogens with two attached hydrogens (primary N) is 1. The van der Waals surface area contributed by atoms with E-state index in [0.717, 1.165) is 11.8 Å². The van der Waals surface area contributed by atoms with Crippen LogP contribution in [0.5, 0.6) is 0 Å². The minimum Gasteiger partial charge on any atom is -0.329 e. The molecule has 0 bridgehead atoms. The molecule has 0 aromatic rings. The third kappa shape index (κ3) is 1.71. The zero-order chi connectivity index (χ0) is 8.48. The quantitative estimate of drug-likeness (QED) is 0.670. The van der Waals surface area contributed by atoms with E-state index < -0.39 is 0 Å². The first-order chi connectivity index (χ1) is 5.10. The molecule has 2 nitrogen and oxygen atoms in total. The van der Waals surface area contributed by atoms with Crippen LogP contribution in [0.4, 0.5) is 0 Å². The minimum atomic E-state index is 0.282. The summed E-state index contributed by atoms with van der Waals surface area (Å²) in [5, 5.41) is 0.779. The van der Waals surface area contributed by atoms with Gasteiger partial charge in [-0.05, 0) is 20.5 Å². The van der Waals surface area contributed by atoms with E-state index in [1.165, 1.54) is 12.2 Å². The second-order valence-electron chi connectivity index (χ2n) is 3.65. The molecule has 0 saturated carbocycles. The van der Waals surface area contributed by atoms with E-state index in [9.17, 15) is 0 Å². The van der Waals surface area contributed by atoms with Gasteiger partial charge in [0.05, 0.1) is 0 Å². The van der Waals surface area contributed by atoms with Gasteiger partial charge < -0.3 is 10.6 Å². The number of nitrogens with zero attached hydrogens (tertiary/aromatic N) is 1. The van der Waals surface area contributed by atoms with Crippen LogP contribution in [0.15, 0.2) is 0 Å². The average Bonchev–Trinajstić information content (AvgIpc) is 2.33. The minimum absolute atomic E-state index is 0.282. The van der Waals surface area contributed by atoms with Crippen LogP contribution in [0.25, 0.3) is 0 Å². The zero-order valence-corrected chi connectivity index (χ0v) is 8.45. The van der Waals surface area contributed by atoms with Gasteiger partial charge in [0.25, 0.3) is 0 Å². The standard InChI is InChI=1S/C8H18N2S/c1-7-4-8(5-9,6-11-7)10(2)3/h7H,4-6,9H2,1-3H3. The van der Waals surface area contributed by atoms with Crippen molar-refractivity contribution >= 4 is 11.8 Å². The first kappa shape index (κ1) is 9.36. The molecule has 1 aliphatic heterocycles. The Morgan fingerprint density at radius 1 is 1.64 bits per heavy atom. The highest BCUT2D eigenvalue weighted by molar-refractivity contribution is 8.00. The van der Waals surface area contributed by atoms with E-state index in [0.29, 0.717) is 0 Å². The molecular formula is C8H18N2S. The molecule has 1 heterocycles. The third-order valence-electron chi connectivity index (χ3n) is 2.63. The zero-order valence-electron chi connectivity index (χ0n) is 7.63. The molecule has 0 aromatic heterocycles. The Morgan fingerprint density at radius 3 is 2.45 bits per heavy atom. The molecule has 1 saturated heterocycles. The molecule has 0 radical (unpaired) electrons. The molecule has 0 aliphatic carbocycles. The summed E-state index contributed by atoms with van der Waals surface area (Å²) in [6.45, 7) is 3.07. The lowest BCUT2D eigenvalue weighted by Gasteiger charge is -2.34. The van der Waals surface area contributed by atoms with Crippen molar-refractivity contribution in [3.8, 4) is 0 Å². The maximum atomic E-state index is 5.78. The molecule has 2 unspecified atom stereocenters. The summed E-state index contributed by atoms with van der Waals surface area (Å²) >= 11 is 2.04. The number of hydrogen-bond donors (Lipinski definition) is 1. The van der Waals surface area contributed by atoms with E-state index in [4.69, 9.17) is 5.73 Å². The molecule has 0 spiro atoms. The number of likely N-dealkylation sites (N-methyl/N-ethyl adjacent to an activating group) is 1. The smallest absolute Gasteiger partial charge is 0.0426 e. The Morgan fingerprint density at radius 2 is 2.27 bits per heavy atom. The average molecular weight is 174 g/mol. The van der Waals surface area contributed by atoms with Crippen molar-refractivity contribution in [1.29, 1.82) is 0 Å². The van der Waals surface area contributed by atoms with Gasteiger partial charge in [0.15, 0.2) is 0 Å². The maximum absolute atomic E-state index is 5.78. The second-order valence-corrected chi connectivity index (χ2v) is 5.08. The Hall–Kier alpha value is 0.270. The first-order valence-corrected chi connectivity index (χ1v) is 5.15. The van der Waals surface area contributed by atoms with Crippen molar-refractivity contribution < 1.29 is 0 Å². The van der Waals surface area contributed by atoms with Gasteiger partial charge in [-0.25, -0.2) is 0 Å². The predicted molar refractivity (Wildman–Crippen MR) is 52.0 cm³/mol. The maximum Gasteiger partial charge on any atom is 0.0426 e. The third-order valence-corrected chi connectivity index (χ3v) is 4.07. The topological polar surface area (TPSA) is 29.3 Å². The molecular weight excluding hydrogens is 156 g/mol. The summed E-state index contributed by atoms with van der Waals surface area (Å²) in [4.78, 5) is 2.28. The molecule has 2 atom stereocenters. The van der Waals surface area contributed by atoms with Gasteiger partial charge in [0.1, 0.15) is 0 Å². The molecule has 1 rings (SSSR count). The predicted octanol–water partition coefficient (Wildman–Crippen LogP) is 0.771. The highest BCUT2D eigenvalue weighted by Crippen LogP contribution is 2.36. The summed E-state index contributed by atoms with van der Waals surface area (Å²) in [7, 11) is 4.26. The van der Waals surface area contributed by atoms with Crippen molar-refractivity contribution in [3.63, 3.8) is 0 Å². The van der Waals surface area contributed by atoms with Crippen molar-refractivity contribution in [2.75, 3.05) is 26.4 Å². The van der Waals surface area contributed by atoms with E-state index in [1.807, 2.05) is 11.8 Å². The summed E-state index contributed by atoms with van der Waals surface area (Å²) in [6.07, 6.45) is 1.24. The van der Waals surface area contributed by atoms with Crippen LogP contribution < -0.4 is 5.73 Å². The fraction of sp³-hybridized carbons (Fsp3) is 1.00. The Balaban J connectivity index is 2.62. The fourth-order valence-corrected chi connectivity index (χ4v) is 3.10. The van der Waals surface area contributed by atoms with Gasteiger partial charge in [-0.2, -0.15) is 11.8 Å². The van der Waals surface area contributed by atoms with Gasteiger partial charge in [0.2, 0.25) is 0 Å². The van der Waals surface area contributed by atoms with Crippen LogP contribution in [0.3, 0.4) is 0 Å². The molecule has 0 amide bonds. The highest BCUT2D eigenvalue weighted by atomic mass is 32.2. The van der Waals surface area contributed by atoms with Crippen molar-refractivity contribution in [3.05, 3.63) is 0 Å². The van der Waals surface area contributed by atoms with Crippen LogP contribution >= 0.6 is 11.8 Å². The van der Waals surface area contributed by atoms with E-state index >= 15 is 0 Å². The Bertz CT molecular complexity index is 138. The van der Waals surface area contributed by atoms with Crippen molar-refractivity contribution in [1.82, 2.24) is 4.90 Å². The van der Waals surface area contributed by atoms with Crippen molar-refractivity contribution in [2.45, 2.75) is 24.1 Å². The molecule has 3 heteroatoms. The van der Waals surface area contributed by atoms with Crippen LogP contribution in [0.2, 0.25) is 0 Å². The monoisotopic (exact) mass is 174 g/mol. The fourth-order valence-electron chi connectivity index (χ4n) is 1.59. The molecule has 1 aliphatic rings. The first-order valence-electron chi connectivity index (χ1n) is 4.10. The van der Waals surface area contributed by atoms with Crippen LogP contribution in [0.1, 0.15) is 13.3 Å². The van der Waals surface area contributed by atoms with Gasteiger partial charge >= 0.3 is 0 Å². The molecule has 2 N–H and O–H groups in total. The molecule has 0 aromatic carbocycles. The highest BCUT2D eigenvalue weighted by Gasteiger charge is 2.38. The Kier molecular flexibility index (Phi) is 2.84. The summed E-state index contributed by atoms with van der Waals surface area (Å²) in [6, 6.07) is 0. The number of hydrogen-bond acceptors (Lipinski definition) is 3. The Labute approximate surface area is 73.5 Å². The van der Waals surface area contributed by atoms with Gasteiger partial charge in [0, 0.05) is 23.1 Å². The van der Waals surface area contributed by atoms with E-state index in [1.54, 1.807) is 0 Å². The van der Waals surface area contributed by atoms with Gasteiger partial charge in [-0.3, -0.25) is 0 Å². The number of thioether (sulfide) groups is 1. The van der Waals surface area contributed by atoms with Gasteiger partial charge in [-0.15, -0.1) is 0 Å². The van der Waals surface area contributed by atoms with Crippen LogP contribution in [0, 0.1) is 0 Å². The summed E-state index contributed by atoms with van der Waals surface area (Å²) < 4.78 is 0. The van der Waals surface area contributed by atoms with Crippen molar-refractivity contribution in [2.24, 2.45) is 5.73 Å². The molecule has 1 fully saturated rings. The second kappa shape index (κ2) is 3.33. The van der Waals surface area contributed by atoms with Crippen LogP contribution in [-0.2, 0) is 0 Å². The lowest BCUT2D eigenvalue weighted by molar-refractivity contribution is 0.183. The number of rotatable bonds is 2.